The van der Waals surface area contributed by atoms with E-state index in [1.165, 1.54) is 29.5 Å². The first kappa shape index (κ1) is 24.2. The van der Waals surface area contributed by atoms with Crippen molar-refractivity contribution in [3.05, 3.63) is 89.7 Å². The number of allylic oxidation sites excluding steroid dienone is 1. The molecule has 0 bridgehead atoms. The lowest BCUT2D eigenvalue weighted by Crippen LogP contribution is -2.16. The van der Waals surface area contributed by atoms with Crippen molar-refractivity contribution in [2.24, 2.45) is 4.99 Å². The van der Waals surface area contributed by atoms with Crippen molar-refractivity contribution in [3.8, 4) is 11.5 Å². The summed E-state index contributed by atoms with van der Waals surface area (Å²) >= 11 is 1.33. The summed E-state index contributed by atoms with van der Waals surface area (Å²) in [5, 5.41) is 0. The Bertz CT molecular complexity index is 1570. The van der Waals surface area contributed by atoms with E-state index in [0.29, 0.717) is 22.8 Å². The van der Waals surface area contributed by atoms with Gasteiger partial charge in [-0.25, -0.2) is 8.42 Å². The van der Waals surface area contributed by atoms with E-state index in [4.69, 9.17) is 9.47 Å². The number of nitrogens with one attached hydrogen (secondary N) is 1. The van der Waals surface area contributed by atoms with Crippen molar-refractivity contribution >= 4 is 43.2 Å². The minimum Gasteiger partial charge on any atom is -0.493 e. The zero-order valence-electron chi connectivity index (χ0n) is 19.1. The second kappa shape index (κ2) is 10.2. The Balaban J connectivity index is 1.72. The van der Waals surface area contributed by atoms with Gasteiger partial charge in [0.25, 0.3) is 15.9 Å². The summed E-state index contributed by atoms with van der Waals surface area (Å²) in [6, 6.07) is 17.9. The number of carbonyl (C=O) groups excluding carboxylic acids is 1. The fraction of sp³-hybridized carbons (Fsp3) is 0.120. The smallest absolute Gasteiger partial charge is 0.279 e. The molecule has 180 valence electrons. The number of hydrogen-bond acceptors (Lipinski definition) is 6. The first-order valence-electron chi connectivity index (χ1n) is 10.5. The summed E-state index contributed by atoms with van der Waals surface area (Å²) < 4.78 is 41.3. The molecule has 0 saturated carbocycles. The van der Waals surface area contributed by atoms with Crippen LogP contribution >= 0.6 is 11.3 Å². The van der Waals surface area contributed by atoms with Crippen LogP contribution in [0.5, 0.6) is 11.5 Å². The Labute approximate surface area is 206 Å². The fourth-order valence-electron chi connectivity index (χ4n) is 3.47. The lowest BCUT2D eigenvalue weighted by atomic mass is 10.2. The van der Waals surface area contributed by atoms with E-state index in [9.17, 15) is 13.2 Å². The van der Waals surface area contributed by atoms with Crippen molar-refractivity contribution in [1.29, 1.82) is 0 Å². The number of benzene rings is 3. The van der Waals surface area contributed by atoms with E-state index < -0.39 is 15.9 Å². The van der Waals surface area contributed by atoms with E-state index in [0.717, 1.165) is 10.2 Å². The highest BCUT2D eigenvalue weighted by atomic mass is 32.2. The molecule has 1 amide bonds. The first-order valence-corrected chi connectivity index (χ1v) is 12.8. The van der Waals surface area contributed by atoms with Gasteiger partial charge in [-0.15, -0.1) is 6.58 Å². The SMILES string of the molecule is C=CCn1c(=NC(=O)c2cccc(NS(=O)(=O)c3ccccc3)c2)sc2cc(OC)c(OC)cc21. The lowest BCUT2D eigenvalue weighted by Gasteiger charge is -2.09. The zero-order chi connectivity index (χ0) is 25.0. The van der Waals surface area contributed by atoms with E-state index in [2.05, 4.69) is 16.3 Å². The minimum absolute atomic E-state index is 0.128. The molecule has 0 atom stereocenters. The molecule has 35 heavy (non-hydrogen) atoms. The molecule has 4 aromatic rings. The third kappa shape index (κ3) is 5.13. The second-order valence-corrected chi connectivity index (χ2v) is 10.1. The molecule has 0 fully saturated rings. The third-order valence-corrected chi connectivity index (χ3v) is 7.55. The van der Waals surface area contributed by atoms with Crippen LogP contribution in [0.15, 0.2) is 89.3 Å². The topological polar surface area (TPSA) is 99.0 Å². The number of thiazole rings is 1. The van der Waals surface area contributed by atoms with E-state index in [-0.39, 0.29) is 16.1 Å². The van der Waals surface area contributed by atoms with Crippen LogP contribution in [0.3, 0.4) is 0 Å². The van der Waals surface area contributed by atoms with Crippen molar-refractivity contribution in [3.63, 3.8) is 0 Å². The van der Waals surface area contributed by atoms with Gasteiger partial charge in [0.1, 0.15) is 0 Å². The summed E-state index contributed by atoms with van der Waals surface area (Å²) in [6.45, 7) is 4.23. The number of sulfonamides is 1. The maximum absolute atomic E-state index is 13.1. The molecule has 0 aliphatic rings. The molecule has 0 radical (unpaired) electrons. The van der Waals surface area contributed by atoms with E-state index >= 15 is 0 Å². The number of rotatable bonds is 8. The van der Waals surface area contributed by atoms with Gasteiger partial charge < -0.3 is 14.0 Å². The number of ether oxygens (including phenoxy) is 2. The van der Waals surface area contributed by atoms with E-state index in [1.54, 1.807) is 56.7 Å². The standard InChI is InChI=1S/C25H23N3O5S2/c1-4-13-28-20-15-21(32-2)22(33-3)16-23(20)34-25(28)26-24(29)17-9-8-10-18(14-17)27-35(30,31)19-11-6-5-7-12-19/h4-12,14-16,27H,1,13H2,2-3H3. The number of hydrogen-bond donors (Lipinski definition) is 1. The van der Waals surface area contributed by atoms with Gasteiger partial charge in [0.2, 0.25) is 0 Å². The summed E-state index contributed by atoms with van der Waals surface area (Å²) in [5.74, 6) is 0.629. The van der Waals surface area contributed by atoms with Gasteiger partial charge in [-0.05, 0) is 30.3 Å². The molecule has 0 aliphatic heterocycles. The van der Waals surface area contributed by atoms with Gasteiger partial charge in [-0.3, -0.25) is 9.52 Å². The van der Waals surface area contributed by atoms with Crippen LogP contribution in [0.1, 0.15) is 10.4 Å². The molecule has 0 saturated heterocycles. The van der Waals surface area contributed by atoms with Crippen molar-refractivity contribution < 1.29 is 22.7 Å². The average molecular weight is 510 g/mol. The van der Waals surface area contributed by atoms with Gasteiger partial charge >= 0.3 is 0 Å². The maximum Gasteiger partial charge on any atom is 0.279 e. The Morgan fingerprint density at radius 3 is 2.46 bits per heavy atom. The maximum atomic E-state index is 13.1. The van der Waals surface area contributed by atoms with Gasteiger partial charge in [0, 0.05) is 29.9 Å². The number of methoxy groups -OCH3 is 2. The molecule has 0 unspecified atom stereocenters. The highest BCUT2D eigenvalue weighted by Gasteiger charge is 2.16. The van der Waals surface area contributed by atoms with Crippen molar-refractivity contribution in [2.75, 3.05) is 18.9 Å². The number of anilines is 1. The predicted octanol–water partition coefficient (Wildman–Crippen LogP) is 4.45. The van der Waals surface area contributed by atoms with Gasteiger partial charge in [-0.1, -0.05) is 41.7 Å². The predicted molar refractivity (Wildman–Crippen MR) is 137 cm³/mol. The summed E-state index contributed by atoms with van der Waals surface area (Å²) in [4.78, 5) is 18.0. The molecule has 1 heterocycles. The first-order chi connectivity index (χ1) is 16.9. The highest BCUT2D eigenvalue weighted by Crippen LogP contribution is 2.33. The van der Waals surface area contributed by atoms with Gasteiger partial charge in [0.05, 0.1) is 29.3 Å². The minimum atomic E-state index is -3.79. The van der Waals surface area contributed by atoms with Crippen LogP contribution in [0, 0.1) is 0 Å². The summed E-state index contributed by atoms with van der Waals surface area (Å²) in [7, 11) is -0.672. The van der Waals surface area contributed by atoms with Crippen LogP contribution in [-0.4, -0.2) is 33.1 Å². The monoisotopic (exact) mass is 509 g/mol. The molecule has 0 spiro atoms. The molecule has 1 aromatic heterocycles. The number of amides is 1. The quantitative estimate of drug-likeness (QED) is 0.354. The molecule has 8 nitrogen and oxygen atoms in total. The number of nitrogens with zero attached hydrogens (tertiary/aromatic N) is 2. The lowest BCUT2D eigenvalue weighted by molar-refractivity contribution is 0.0998. The molecule has 1 N–H and O–H groups in total. The largest absolute Gasteiger partial charge is 0.493 e. The Hall–Kier alpha value is -3.89. The van der Waals surface area contributed by atoms with Gasteiger partial charge in [0.15, 0.2) is 16.3 Å². The highest BCUT2D eigenvalue weighted by molar-refractivity contribution is 7.92. The second-order valence-electron chi connectivity index (χ2n) is 7.38. The van der Waals surface area contributed by atoms with Crippen LogP contribution in [-0.2, 0) is 16.6 Å². The van der Waals surface area contributed by atoms with E-state index in [1.807, 2.05) is 16.7 Å². The molecule has 0 aliphatic carbocycles. The Kier molecular flexibility index (Phi) is 7.04. The molecule has 10 heteroatoms. The number of fused-ring (bicyclic) bond motifs is 1. The Morgan fingerprint density at radius 1 is 1.06 bits per heavy atom. The molecular weight excluding hydrogens is 486 g/mol. The average Bonchev–Trinajstić information content (AvgIpc) is 3.19. The normalized spacial score (nSPS) is 11.9. The van der Waals surface area contributed by atoms with Crippen LogP contribution < -0.4 is 19.0 Å². The van der Waals surface area contributed by atoms with Crippen molar-refractivity contribution in [1.82, 2.24) is 4.57 Å². The number of carbonyl (C=O) groups is 1. The van der Waals surface area contributed by atoms with Gasteiger partial charge in [-0.2, -0.15) is 4.99 Å². The molecule has 3 aromatic carbocycles. The third-order valence-electron chi connectivity index (χ3n) is 5.11. The molecular formula is C25H23N3O5S2. The zero-order valence-corrected chi connectivity index (χ0v) is 20.7. The Morgan fingerprint density at radius 2 is 1.77 bits per heavy atom. The van der Waals surface area contributed by atoms with Crippen molar-refractivity contribution in [2.45, 2.75) is 11.4 Å². The number of aromatic nitrogens is 1. The summed E-state index contributed by atoms with van der Waals surface area (Å²) in [5.41, 5.74) is 1.33. The van der Waals surface area contributed by atoms with Crippen LogP contribution in [0.4, 0.5) is 5.69 Å². The molecule has 4 rings (SSSR count). The van der Waals surface area contributed by atoms with Crippen LogP contribution in [0.25, 0.3) is 10.2 Å². The van der Waals surface area contributed by atoms with Crippen LogP contribution in [0.2, 0.25) is 0 Å². The fourth-order valence-corrected chi connectivity index (χ4v) is 5.59. The summed E-state index contributed by atoms with van der Waals surface area (Å²) in [6.07, 6.45) is 1.71.